The van der Waals surface area contributed by atoms with Crippen molar-refractivity contribution in [3.8, 4) is 11.6 Å². The number of methoxy groups -OCH3 is 1. The van der Waals surface area contributed by atoms with Crippen LogP contribution in [0, 0.1) is 13.8 Å². The topological polar surface area (TPSA) is 108 Å². The van der Waals surface area contributed by atoms with Gasteiger partial charge in [0.1, 0.15) is 5.75 Å². The van der Waals surface area contributed by atoms with Gasteiger partial charge in [0, 0.05) is 35.3 Å². The Morgan fingerprint density at radius 1 is 1.19 bits per heavy atom. The largest absolute Gasteiger partial charge is 0.494 e. The van der Waals surface area contributed by atoms with Crippen LogP contribution in [0.25, 0.3) is 5.65 Å². The van der Waals surface area contributed by atoms with Crippen LogP contribution in [0.1, 0.15) is 54.7 Å². The van der Waals surface area contributed by atoms with Crippen LogP contribution >= 0.6 is 0 Å². The second-order valence-electron chi connectivity index (χ2n) is 10.1. The van der Waals surface area contributed by atoms with Crippen LogP contribution in [-0.4, -0.2) is 60.5 Å². The third kappa shape index (κ3) is 4.69. The quantitative estimate of drug-likeness (QED) is 0.392. The lowest BCUT2D eigenvalue weighted by Crippen LogP contribution is -2.42. The summed E-state index contributed by atoms with van der Waals surface area (Å²) in [7, 11) is 1.68. The van der Waals surface area contributed by atoms with Gasteiger partial charge in [-0.3, -0.25) is 10.5 Å². The van der Waals surface area contributed by atoms with E-state index in [4.69, 9.17) is 19.9 Å². The highest BCUT2D eigenvalue weighted by atomic mass is 16.5. The van der Waals surface area contributed by atoms with Crippen molar-refractivity contribution in [2.45, 2.75) is 53.5 Å². The molecule has 0 radical (unpaired) electrons. The van der Waals surface area contributed by atoms with Crippen LogP contribution in [0.5, 0.6) is 11.6 Å². The Morgan fingerprint density at radius 2 is 1.89 bits per heavy atom. The molecule has 194 valence electrons. The molecule has 0 unspecified atom stereocenters. The molecule has 36 heavy (non-hydrogen) atoms. The maximum absolute atomic E-state index is 13.6. The molecule has 1 saturated heterocycles. The molecule has 1 fully saturated rings. The highest BCUT2D eigenvalue weighted by Gasteiger charge is 2.29. The molecule has 4 rings (SSSR count). The van der Waals surface area contributed by atoms with E-state index in [9.17, 15) is 4.79 Å². The average molecular weight is 498 g/mol. The van der Waals surface area contributed by atoms with Gasteiger partial charge in [-0.05, 0) is 38.3 Å². The molecule has 10 heteroatoms. The Bertz CT molecular complexity index is 1290. The number of ether oxygens (including phenoxy) is 3. The highest BCUT2D eigenvalue weighted by molar-refractivity contribution is 5.97. The first-order chi connectivity index (χ1) is 17.1. The Kier molecular flexibility index (Phi) is 7.08. The predicted octanol–water partition coefficient (Wildman–Crippen LogP) is 2.64. The van der Waals surface area contributed by atoms with Gasteiger partial charge in [0.05, 0.1) is 32.6 Å². The minimum Gasteiger partial charge on any atom is -0.494 e. The predicted molar refractivity (Wildman–Crippen MR) is 137 cm³/mol. The van der Waals surface area contributed by atoms with E-state index in [2.05, 4.69) is 35.9 Å². The minimum atomic E-state index is -0.230. The van der Waals surface area contributed by atoms with Gasteiger partial charge in [0.2, 0.25) is 5.88 Å². The van der Waals surface area contributed by atoms with Gasteiger partial charge < -0.3 is 19.1 Å². The first-order valence-corrected chi connectivity index (χ1v) is 12.3. The van der Waals surface area contributed by atoms with Gasteiger partial charge in [-0.25, -0.2) is 0 Å². The Hall–Kier alpha value is -3.40. The van der Waals surface area contributed by atoms with E-state index in [1.54, 1.807) is 7.11 Å². The van der Waals surface area contributed by atoms with Crippen molar-refractivity contribution >= 4 is 23.1 Å². The fourth-order valence-corrected chi connectivity index (χ4v) is 4.45. The molecule has 3 heterocycles. The molecule has 0 bridgehead atoms. The van der Waals surface area contributed by atoms with Gasteiger partial charge >= 0.3 is 5.95 Å². The van der Waals surface area contributed by atoms with Crippen LogP contribution < -0.4 is 24.8 Å². The SMILES string of the molecule is CCOc1nn2c(N)[n+](CC(=O)c3cc(N4CCOCC4)c(OC)c(C(C)(C)C)c3)nc2c(C)c1C. The summed E-state index contributed by atoms with van der Waals surface area (Å²) in [5.41, 5.74) is 11.0. The molecule has 1 aliphatic rings. The van der Waals surface area contributed by atoms with Crippen LogP contribution in [0.3, 0.4) is 0 Å². The number of fused-ring (bicyclic) bond motifs is 1. The molecule has 1 aliphatic heterocycles. The number of carbonyl (C=O) groups is 1. The number of hydrogen-bond donors (Lipinski definition) is 1. The maximum atomic E-state index is 13.6. The number of nitrogens with two attached hydrogens (primary N) is 1. The molecule has 10 nitrogen and oxygen atoms in total. The van der Waals surface area contributed by atoms with Crippen molar-refractivity contribution in [3.63, 3.8) is 0 Å². The first kappa shape index (κ1) is 25.7. The number of aryl methyl sites for hydroxylation is 1. The lowest BCUT2D eigenvalue weighted by molar-refractivity contribution is -0.723. The number of anilines is 2. The number of benzene rings is 1. The van der Waals surface area contributed by atoms with Crippen molar-refractivity contribution < 1.29 is 23.7 Å². The van der Waals surface area contributed by atoms with Crippen molar-refractivity contribution in [3.05, 3.63) is 34.4 Å². The molecule has 2 N–H and O–H groups in total. The summed E-state index contributed by atoms with van der Waals surface area (Å²) in [6.45, 7) is 15.3. The molecular formula is C26H37N6O4+. The van der Waals surface area contributed by atoms with E-state index in [-0.39, 0.29) is 23.7 Å². The van der Waals surface area contributed by atoms with E-state index < -0.39 is 0 Å². The van der Waals surface area contributed by atoms with Crippen LogP contribution in [0.15, 0.2) is 12.1 Å². The molecular weight excluding hydrogens is 460 g/mol. The summed E-state index contributed by atoms with van der Waals surface area (Å²) < 4.78 is 20.1. The standard InChI is InChI=1S/C26H36N6O4/c1-8-36-24-17(3)16(2)23-28-31(25(27)32(23)29-24)15-21(33)18-13-19(26(4,5)6)22(34-7)20(14-18)30-9-11-35-12-10-30/h13-14,27H,8-12,15H2,1-7H3/p+1. The van der Waals surface area contributed by atoms with Crippen LogP contribution in [-0.2, 0) is 16.7 Å². The maximum Gasteiger partial charge on any atom is 0.401 e. The second kappa shape index (κ2) is 9.93. The zero-order valence-corrected chi connectivity index (χ0v) is 22.3. The van der Waals surface area contributed by atoms with Crippen molar-refractivity contribution in [2.75, 3.05) is 50.7 Å². The molecule has 0 saturated carbocycles. The number of rotatable bonds is 7. The Morgan fingerprint density at radius 3 is 2.50 bits per heavy atom. The van der Waals surface area contributed by atoms with E-state index in [1.165, 1.54) is 9.20 Å². The third-order valence-electron chi connectivity index (χ3n) is 6.64. The summed E-state index contributed by atoms with van der Waals surface area (Å²) in [6.07, 6.45) is 0. The molecule has 0 spiro atoms. The van der Waals surface area contributed by atoms with Gasteiger partial charge in [-0.2, -0.15) is 0 Å². The summed E-state index contributed by atoms with van der Waals surface area (Å²) in [4.78, 5) is 15.8. The van der Waals surface area contributed by atoms with Crippen molar-refractivity contribution in [1.29, 1.82) is 0 Å². The average Bonchev–Trinajstić information content (AvgIpc) is 3.16. The lowest BCUT2D eigenvalue weighted by atomic mass is 9.84. The smallest absolute Gasteiger partial charge is 0.401 e. The van der Waals surface area contributed by atoms with E-state index in [0.717, 1.165) is 41.2 Å². The Labute approximate surface area is 211 Å². The number of carbonyl (C=O) groups excluding carboxylic acids is 1. The minimum absolute atomic E-state index is 0.0177. The zero-order valence-electron chi connectivity index (χ0n) is 22.3. The number of nitrogens with zero attached hydrogens (tertiary/aromatic N) is 5. The van der Waals surface area contributed by atoms with E-state index >= 15 is 0 Å². The first-order valence-electron chi connectivity index (χ1n) is 12.3. The van der Waals surface area contributed by atoms with E-state index in [1.807, 2.05) is 32.9 Å². The highest BCUT2D eigenvalue weighted by Crippen LogP contribution is 2.40. The van der Waals surface area contributed by atoms with Crippen LogP contribution in [0.4, 0.5) is 11.6 Å². The monoisotopic (exact) mass is 497 g/mol. The summed E-state index contributed by atoms with van der Waals surface area (Å²) in [5.74, 6) is 1.46. The number of ketones is 1. The number of aromatic nitrogens is 4. The molecule has 2 aromatic heterocycles. The van der Waals surface area contributed by atoms with Gasteiger partial charge in [0.25, 0.3) is 5.65 Å². The van der Waals surface area contributed by atoms with Gasteiger partial charge in [-0.15, -0.1) is 4.68 Å². The second-order valence-corrected chi connectivity index (χ2v) is 10.1. The molecule has 0 atom stereocenters. The van der Waals surface area contributed by atoms with E-state index in [0.29, 0.717) is 36.9 Å². The summed E-state index contributed by atoms with van der Waals surface area (Å²) in [6, 6.07) is 3.84. The number of hydrogen-bond acceptors (Lipinski definition) is 8. The third-order valence-corrected chi connectivity index (χ3v) is 6.64. The molecule has 1 aromatic carbocycles. The molecule has 0 aliphatic carbocycles. The lowest BCUT2D eigenvalue weighted by Gasteiger charge is -2.33. The molecule has 0 amide bonds. The van der Waals surface area contributed by atoms with Gasteiger partial charge in [0.15, 0.2) is 12.3 Å². The number of nitrogen functional groups attached to an aromatic ring is 1. The van der Waals surface area contributed by atoms with Crippen molar-refractivity contribution in [1.82, 2.24) is 14.7 Å². The Balaban J connectivity index is 1.76. The fourth-order valence-electron chi connectivity index (χ4n) is 4.45. The van der Waals surface area contributed by atoms with Gasteiger partial charge in [-0.1, -0.05) is 35.5 Å². The fraction of sp³-hybridized carbons (Fsp3) is 0.538. The normalized spacial score (nSPS) is 14.4. The van der Waals surface area contributed by atoms with Crippen molar-refractivity contribution in [2.24, 2.45) is 0 Å². The number of morpholine rings is 1. The molecule has 3 aromatic rings. The summed E-state index contributed by atoms with van der Waals surface area (Å²) >= 11 is 0. The summed E-state index contributed by atoms with van der Waals surface area (Å²) in [5, 5.41) is 9.13. The number of Topliss-reactive ketones (excluding diaryl/α,β-unsaturated/α-hetero) is 1. The zero-order chi connectivity index (χ0) is 26.2. The van der Waals surface area contributed by atoms with Crippen LogP contribution in [0.2, 0.25) is 0 Å².